The summed E-state index contributed by atoms with van der Waals surface area (Å²) in [6.45, 7) is 1.25. The van der Waals surface area contributed by atoms with Gasteiger partial charge in [0.05, 0.1) is 54.8 Å². The van der Waals surface area contributed by atoms with E-state index in [1.807, 2.05) is 15.5 Å². The number of halogens is 2. The Bertz CT molecular complexity index is 1030. The maximum Gasteiger partial charge on any atom is 0.207 e. The first-order valence-corrected chi connectivity index (χ1v) is 8.99. The van der Waals surface area contributed by atoms with Crippen LogP contribution in [0.1, 0.15) is 17.8 Å². The minimum absolute atomic E-state index is 0. The SMILES string of the molecule is COc1cnc(Cn2c(N3CC[C@@H](F)[C@H](N)C3)nc3ccc(C#N)cc32)nc1.Cl. The van der Waals surface area contributed by atoms with Crippen molar-refractivity contribution in [1.82, 2.24) is 19.5 Å². The van der Waals surface area contributed by atoms with Crippen molar-refractivity contribution in [2.45, 2.75) is 25.2 Å². The van der Waals surface area contributed by atoms with Gasteiger partial charge in [-0.3, -0.25) is 0 Å². The number of ether oxygens (including phenoxy) is 1. The molecule has 8 nitrogen and oxygen atoms in total. The van der Waals surface area contributed by atoms with Gasteiger partial charge in [-0.2, -0.15) is 5.26 Å². The Kier molecular flexibility index (Phi) is 6.15. The van der Waals surface area contributed by atoms with E-state index in [4.69, 9.17) is 15.5 Å². The Hall–Kier alpha value is -2.96. The molecule has 2 atom stereocenters. The third kappa shape index (κ3) is 4.09. The summed E-state index contributed by atoms with van der Waals surface area (Å²) in [5.41, 5.74) is 8.03. The highest BCUT2D eigenvalue weighted by molar-refractivity contribution is 5.85. The molecule has 1 aromatic carbocycles. The zero-order chi connectivity index (χ0) is 19.7. The third-order valence-electron chi connectivity index (χ3n) is 4.93. The quantitative estimate of drug-likeness (QED) is 0.692. The molecule has 1 fully saturated rings. The number of nitrogens with zero attached hydrogens (tertiary/aromatic N) is 6. The maximum absolute atomic E-state index is 13.8. The van der Waals surface area contributed by atoms with E-state index in [2.05, 4.69) is 16.0 Å². The molecule has 2 N–H and O–H groups in total. The van der Waals surface area contributed by atoms with Crippen LogP contribution in [0.15, 0.2) is 30.6 Å². The molecule has 0 spiro atoms. The first-order valence-electron chi connectivity index (χ1n) is 8.99. The summed E-state index contributed by atoms with van der Waals surface area (Å²) in [5.74, 6) is 1.82. The van der Waals surface area contributed by atoms with Crippen LogP contribution < -0.4 is 15.4 Å². The topological polar surface area (TPSA) is 106 Å². The lowest BCUT2D eigenvalue weighted by Gasteiger charge is -2.34. The molecule has 1 saturated heterocycles. The summed E-state index contributed by atoms with van der Waals surface area (Å²) in [6, 6.07) is 6.92. The van der Waals surface area contributed by atoms with Crippen LogP contribution in [0.2, 0.25) is 0 Å². The number of anilines is 1. The molecule has 3 aromatic rings. The van der Waals surface area contributed by atoms with Crippen LogP contribution in [-0.4, -0.2) is 51.9 Å². The molecule has 0 unspecified atom stereocenters. The molecule has 29 heavy (non-hydrogen) atoms. The standard InChI is InChI=1S/C19H20FN7O.ClH/c1-28-13-8-23-18(24-9-13)11-27-17-6-12(7-21)2-3-16(17)25-19(27)26-5-4-14(20)15(22)10-26;/h2-3,6,8-9,14-15H,4-5,10-11,22H2,1H3;1H/t14-,15-;/m1./s1. The average molecular weight is 418 g/mol. The molecule has 4 rings (SSSR count). The molecule has 0 amide bonds. The van der Waals surface area contributed by atoms with Gasteiger partial charge in [-0.1, -0.05) is 0 Å². The summed E-state index contributed by atoms with van der Waals surface area (Å²) in [4.78, 5) is 15.4. The van der Waals surface area contributed by atoms with Gasteiger partial charge in [0, 0.05) is 13.1 Å². The lowest BCUT2D eigenvalue weighted by Crippen LogP contribution is -2.50. The highest BCUT2D eigenvalue weighted by atomic mass is 35.5. The number of nitriles is 1. The maximum atomic E-state index is 13.8. The van der Waals surface area contributed by atoms with E-state index in [1.165, 1.54) is 0 Å². The third-order valence-corrected chi connectivity index (χ3v) is 4.93. The molecule has 1 aliphatic rings. The van der Waals surface area contributed by atoms with Crippen molar-refractivity contribution in [3.63, 3.8) is 0 Å². The Morgan fingerprint density at radius 2 is 2.10 bits per heavy atom. The average Bonchev–Trinajstić information content (AvgIpc) is 3.08. The second-order valence-corrected chi connectivity index (χ2v) is 6.77. The van der Waals surface area contributed by atoms with Crippen molar-refractivity contribution in [1.29, 1.82) is 5.26 Å². The lowest BCUT2D eigenvalue weighted by molar-refractivity contribution is 0.243. The van der Waals surface area contributed by atoms with Crippen LogP contribution in [0.25, 0.3) is 11.0 Å². The van der Waals surface area contributed by atoms with E-state index in [1.54, 1.807) is 31.6 Å². The molecular formula is C19H21ClFN7O. The number of rotatable bonds is 4. The van der Waals surface area contributed by atoms with Gasteiger partial charge in [-0.05, 0) is 24.6 Å². The number of hydrogen-bond acceptors (Lipinski definition) is 7. The van der Waals surface area contributed by atoms with Crippen molar-refractivity contribution in [3.8, 4) is 11.8 Å². The van der Waals surface area contributed by atoms with Gasteiger partial charge < -0.3 is 19.9 Å². The Balaban J connectivity index is 0.00000240. The zero-order valence-corrected chi connectivity index (χ0v) is 16.6. The van der Waals surface area contributed by atoms with Gasteiger partial charge in [0.25, 0.3) is 0 Å². The zero-order valence-electron chi connectivity index (χ0n) is 15.8. The predicted octanol–water partition coefficient (Wildman–Crippen LogP) is 2.05. The number of nitrogens with two attached hydrogens (primary N) is 1. The summed E-state index contributed by atoms with van der Waals surface area (Å²) >= 11 is 0. The second kappa shape index (κ2) is 8.59. The van der Waals surface area contributed by atoms with Crippen molar-refractivity contribution >= 4 is 29.4 Å². The number of hydrogen-bond donors (Lipinski definition) is 1. The van der Waals surface area contributed by atoms with Gasteiger partial charge in [0.15, 0.2) is 5.75 Å². The van der Waals surface area contributed by atoms with E-state index in [0.29, 0.717) is 49.1 Å². The lowest BCUT2D eigenvalue weighted by atomic mass is 10.1. The van der Waals surface area contributed by atoms with Gasteiger partial charge in [0.2, 0.25) is 5.95 Å². The normalized spacial score (nSPS) is 18.9. The number of imidazole rings is 1. The van der Waals surface area contributed by atoms with Gasteiger partial charge in [-0.15, -0.1) is 12.4 Å². The predicted molar refractivity (Wildman–Crippen MR) is 109 cm³/mol. The number of alkyl halides is 1. The van der Waals surface area contributed by atoms with Crippen molar-refractivity contribution in [3.05, 3.63) is 42.0 Å². The number of methoxy groups -OCH3 is 1. The number of fused-ring (bicyclic) bond motifs is 1. The van der Waals surface area contributed by atoms with Gasteiger partial charge in [-0.25, -0.2) is 19.3 Å². The molecule has 0 saturated carbocycles. The second-order valence-electron chi connectivity index (χ2n) is 6.77. The molecule has 0 radical (unpaired) electrons. The minimum Gasteiger partial charge on any atom is -0.494 e. The van der Waals surface area contributed by atoms with Crippen LogP contribution in [0.4, 0.5) is 10.3 Å². The molecule has 3 heterocycles. The van der Waals surface area contributed by atoms with Crippen molar-refractivity contribution in [2.24, 2.45) is 5.73 Å². The Labute approximate surface area is 173 Å². The van der Waals surface area contributed by atoms with Crippen molar-refractivity contribution < 1.29 is 9.13 Å². The van der Waals surface area contributed by atoms with Crippen LogP contribution >= 0.6 is 12.4 Å². The largest absolute Gasteiger partial charge is 0.494 e. The summed E-state index contributed by atoms with van der Waals surface area (Å²) in [6.07, 6.45) is 2.55. The van der Waals surface area contributed by atoms with Crippen LogP contribution in [-0.2, 0) is 6.54 Å². The van der Waals surface area contributed by atoms with Gasteiger partial charge in [0.1, 0.15) is 12.0 Å². The van der Waals surface area contributed by atoms with Crippen LogP contribution in [0, 0.1) is 11.3 Å². The fourth-order valence-corrected chi connectivity index (χ4v) is 3.38. The minimum atomic E-state index is -1.01. The fraction of sp³-hybridized carbons (Fsp3) is 0.368. The molecular weight excluding hydrogens is 397 g/mol. The van der Waals surface area contributed by atoms with Gasteiger partial charge >= 0.3 is 0 Å². The molecule has 0 bridgehead atoms. The Morgan fingerprint density at radius 3 is 2.76 bits per heavy atom. The monoisotopic (exact) mass is 417 g/mol. The van der Waals surface area contributed by atoms with E-state index in [9.17, 15) is 9.65 Å². The molecule has 1 aliphatic heterocycles. The van der Waals surface area contributed by atoms with E-state index < -0.39 is 12.2 Å². The Morgan fingerprint density at radius 1 is 1.34 bits per heavy atom. The number of piperidine rings is 1. The molecule has 0 aliphatic carbocycles. The molecule has 10 heteroatoms. The highest BCUT2D eigenvalue weighted by Gasteiger charge is 2.29. The first kappa shape index (κ1) is 20.8. The van der Waals surface area contributed by atoms with E-state index in [0.717, 1.165) is 11.0 Å². The summed E-state index contributed by atoms with van der Waals surface area (Å²) < 4.78 is 20.9. The summed E-state index contributed by atoms with van der Waals surface area (Å²) in [5, 5.41) is 9.27. The van der Waals surface area contributed by atoms with Crippen LogP contribution in [0.3, 0.4) is 0 Å². The smallest absolute Gasteiger partial charge is 0.207 e. The van der Waals surface area contributed by atoms with E-state index in [-0.39, 0.29) is 12.4 Å². The fourth-order valence-electron chi connectivity index (χ4n) is 3.38. The molecule has 2 aromatic heterocycles. The molecule has 152 valence electrons. The van der Waals surface area contributed by atoms with Crippen LogP contribution in [0.5, 0.6) is 5.75 Å². The number of benzene rings is 1. The summed E-state index contributed by atoms with van der Waals surface area (Å²) in [7, 11) is 1.56. The highest BCUT2D eigenvalue weighted by Crippen LogP contribution is 2.27. The number of aromatic nitrogens is 4. The van der Waals surface area contributed by atoms with Crippen molar-refractivity contribution in [2.75, 3.05) is 25.1 Å². The van der Waals surface area contributed by atoms with E-state index >= 15 is 0 Å². The first-order chi connectivity index (χ1) is 13.6.